The smallest absolute Gasteiger partial charge is 0.264 e. The Labute approximate surface area is 213 Å². The molecule has 3 aromatic carbocycles. The summed E-state index contributed by atoms with van der Waals surface area (Å²) in [4.78, 5) is 28.0. The average Bonchev–Trinajstić information content (AvgIpc) is 2.90. The second-order valence-corrected chi connectivity index (χ2v) is 10.4. The van der Waals surface area contributed by atoms with Gasteiger partial charge < -0.3 is 10.2 Å². The number of benzene rings is 3. The fraction of sp³-hybridized carbons (Fsp3) is 0.286. The summed E-state index contributed by atoms with van der Waals surface area (Å²) in [5.74, 6) is -0.729. The van der Waals surface area contributed by atoms with E-state index in [0.29, 0.717) is 18.5 Å². The van der Waals surface area contributed by atoms with E-state index in [9.17, 15) is 18.0 Å². The zero-order chi connectivity index (χ0) is 26.1. The van der Waals surface area contributed by atoms with Gasteiger partial charge in [-0.05, 0) is 49.6 Å². The molecule has 0 aromatic heterocycles. The van der Waals surface area contributed by atoms with E-state index in [2.05, 4.69) is 5.32 Å². The van der Waals surface area contributed by atoms with Crippen molar-refractivity contribution in [2.45, 2.75) is 37.6 Å². The Bertz CT molecular complexity index is 1250. The number of carbonyl (C=O) groups excluding carboxylic acids is 2. The second-order valence-electron chi connectivity index (χ2n) is 8.52. The van der Waals surface area contributed by atoms with Gasteiger partial charge in [0.15, 0.2) is 0 Å². The van der Waals surface area contributed by atoms with Crippen molar-refractivity contribution in [1.82, 2.24) is 10.2 Å². The summed E-state index contributed by atoms with van der Waals surface area (Å²) < 4.78 is 28.4. The van der Waals surface area contributed by atoms with Crippen LogP contribution in [0.2, 0.25) is 0 Å². The Balaban J connectivity index is 1.98. The molecule has 0 bridgehead atoms. The molecule has 0 aliphatic heterocycles. The van der Waals surface area contributed by atoms with Gasteiger partial charge in [0.05, 0.1) is 10.6 Å². The van der Waals surface area contributed by atoms with Gasteiger partial charge in [-0.3, -0.25) is 13.9 Å². The van der Waals surface area contributed by atoms with Gasteiger partial charge in [-0.15, -0.1) is 0 Å². The highest BCUT2D eigenvalue weighted by Gasteiger charge is 2.33. The first-order valence-corrected chi connectivity index (χ1v) is 13.4. The first-order valence-electron chi connectivity index (χ1n) is 12.0. The molecular formula is C28H33N3O4S. The molecule has 7 nitrogen and oxygen atoms in total. The van der Waals surface area contributed by atoms with Gasteiger partial charge in [0.2, 0.25) is 11.8 Å². The van der Waals surface area contributed by atoms with Crippen LogP contribution < -0.4 is 9.62 Å². The minimum absolute atomic E-state index is 0.0903. The van der Waals surface area contributed by atoms with Crippen LogP contribution in [0.1, 0.15) is 24.5 Å². The SMILES string of the molecule is CC[C@@H](C(=O)NC)N(CCc1ccccc1)C(=O)CN(c1ccc(C)cc1)S(=O)(=O)c1ccccc1. The molecule has 0 unspecified atom stereocenters. The molecule has 36 heavy (non-hydrogen) atoms. The molecule has 3 rings (SSSR count). The van der Waals surface area contributed by atoms with Crippen LogP contribution in [0.4, 0.5) is 5.69 Å². The summed E-state index contributed by atoms with van der Waals surface area (Å²) in [6.45, 7) is 3.59. The van der Waals surface area contributed by atoms with E-state index in [1.54, 1.807) is 42.5 Å². The first kappa shape index (κ1) is 26.9. The van der Waals surface area contributed by atoms with Crippen LogP contribution in [0, 0.1) is 6.92 Å². The fourth-order valence-electron chi connectivity index (χ4n) is 4.02. The van der Waals surface area contributed by atoms with Gasteiger partial charge in [-0.1, -0.05) is 73.2 Å². The maximum absolute atomic E-state index is 13.8. The Morgan fingerprint density at radius 1 is 0.889 bits per heavy atom. The molecule has 0 radical (unpaired) electrons. The van der Waals surface area contributed by atoms with Crippen LogP contribution in [0.5, 0.6) is 0 Å². The van der Waals surface area contributed by atoms with Crippen LogP contribution in [-0.2, 0) is 26.0 Å². The summed E-state index contributed by atoms with van der Waals surface area (Å²) in [6.07, 6.45) is 0.937. The van der Waals surface area contributed by atoms with Gasteiger partial charge in [0.25, 0.3) is 10.0 Å². The van der Waals surface area contributed by atoms with Gasteiger partial charge in [-0.25, -0.2) is 8.42 Å². The standard InChI is InChI=1S/C28H33N3O4S/c1-4-26(28(33)29-3)30(20-19-23-11-7-5-8-12-23)27(32)21-31(24-17-15-22(2)16-18-24)36(34,35)25-13-9-6-10-14-25/h5-18,26H,4,19-21H2,1-3H3,(H,29,33)/t26-/m0/s1. The monoisotopic (exact) mass is 507 g/mol. The molecule has 0 saturated heterocycles. The Morgan fingerprint density at radius 3 is 2.03 bits per heavy atom. The highest BCUT2D eigenvalue weighted by Crippen LogP contribution is 2.25. The van der Waals surface area contributed by atoms with E-state index in [-0.39, 0.29) is 17.3 Å². The van der Waals surface area contributed by atoms with Crippen LogP contribution in [0.3, 0.4) is 0 Å². The summed E-state index contributed by atoms with van der Waals surface area (Å²) >= 11 is 0. The number of likely N-dealkylation sites (N-methyl/N-ethyl adjacent to an activating group) is 1. The van der Waals surface area contributed by atoms with E-state index in [1.807, 2.05) is 44.2 Å². The van der Waals surface area contributed by atoms with E-state index in [1.165, 1.54) is 24.1 Å². The van der Waals surface area contributed by atoms with E-state index in [0.717, 1.165) is 15.4 Å². The van der Waals surface area contributed by atoms with Crippen molar-refractivity contribution >= 4 is 27.5 Å². The Morgan fingerprint density at radius 2 is 1.47 bits per heavy atom. The third-order valence-electron chi connectivity index (χ3n) is 6.05. The number of amides is 2. The summed E-state index contributed by atoms with van der Waals surface area (Å²) in [5.41, 5.74) is 2.38. The zero-order valence-corrected chi connectivity index (χ0v) is 21.7. The van der Waals surface area contributed by atoms with Gasteiger partial charge in [0, 0.05) is 13.6 Å². The van der Waals surface area contributed by atoms with Crippen LogP contribution >= 0.6 is 0 Å². The van der Waals surface area contributed by atoms with Crippen LogP contribution in [0.25, 0.3) is 0 Å². The van der Waals surface area contributed by atoms with Crippen molar-refractivity contribution in [2.75, 3.05) is 24.4 Å². The second kappa shape index (κ2) is 12.4. The maximum Gasteiger partial charge on any atom is 0.264 e. The molecule has 0 aliphatic carbocycles. The molecule has 0 saturated carbocycles. The number of anilines is 1. The van der Waals surface area contributed by atoms with Crippen molar-refractivity contribution in [3.05, 3.63) is 96.1 Å². The number of aryl methyl sites for hydroxylation is 1. The van der Waals surface area contributed by atoms with Crippen molar-refractivity contribution in [3.8, 4) is 0 Å². The Kier molecular flexibility index (Phi) is 9.25. The molecule has 0 spiro atoms. The van der Waals surface area contributed by atoms with Crippen LogP contribution in [-0.4, -0.2) is 51.3 Å². The number of hydrogen-bond donors (Lipinski definition) is 1. The molecular weight excluding hydrogens is 474 g/mol. The van der Waals surface area contributed by atoms with E-state index < -0.39 is 28.5 Å². The van der Waals surface area contributed by atoms with E-state index >= 15 is 0 Å². The van der Waals surface area contributed by atoms with Crippen molar-refractivity contribution in [2.24, 2.45) is 0 Å². The molecule has 3 aromatic rings. The lowest BCUT2D eigenvalue weighted by molar-refractivity contribution is -0.139. The predicted molar refractivity (Wildman–Crippen MR) is 142 cm³/mol. The minimum Gasteiger partial charge on any atom is -0.357 e. The van der Waals surface area contributed by atoms with Crippen molar-refractivity contribution in [1.29, 1.82) is 0 Å². The summed E-state index contributed by atoms with van der Waals surface area (Å²) in [6, 6.07) is 24.0. The maximum atomic E-state index is 13.8. The Hall–Kier alpha value is -3.65. The molecule has 190 valence electrons. The van der Waals surface area contributed by atoms with Crippen LogP contribution in [0.15, 0.2) is 89.8 Å². The largest absolute Gasteiger partial charge is 0.357 e. The third-order valence-corrected chi connectivity index (χ3v) is 7.84. The molecule has 0 fully saturated rings. The molecule has 1 N–H and O–H groups in total. The normalized spacial score (nSPS) is 12.0. The van der Waals surface area contributed by atoms with Crippen molar-refractivity contribution in [3.63, 3.8) is 0 Å². The highest BCUT2D eigenvalue weighted by atomic mass is 32.2. The number of carbonyl (C=O) groups is 2. The highest BCUT2D eigenvalue weighted by molar-refractivity contribution is 7.92. The third kappa shape index (κ3) is 6.51. The molecule has 1 atom stereocenters. The summed E-state index contributed by atoms with van der Waals surface area (Å²) in [5, 5.41) is 2.63. The van der Waals surface area contributed by atoms with E-state index in [4.69, 9.17) is 0 Å². The molecule has 0 heterocycles. The summed E-state index contributed by atoms with van der Waals surface area (Å²) in [7, 11) is -2.50. The molecule has 0 aliphatic rings. The molecule has 2 amide bonds. The zero-order valence-electron chi connectivity index (χ0n) is 20.9. The van der Waals surface area contributed by atoms with Gasteiger partial charge in [0.1, 0.15) is 12.6 Å². The van der Waals surface area contributed by atoms with Crippen molar-refractivity contribution < 1.29 is 18.0 Å². The minimum atomic E-state index is -4.04. The van der Waals surface area contributed by atoms with Gasteiger partial charge in [-0.2, -0.15) is 0 Å². The first-order chi connectivity index (χ1) is 17.3. The van der Waals surface area contributed by atoms with Gasteiger partial charge >= 0.3 is 0 Å². The quantitative estimate of drug-likeness (QED) is 0.428. The lowest BCUT2D eigenvalue weighted by Gasteiger charge is -2.33. The lowest BCUT2D eigenvalue weighted by atomic mass is 10.1. The number of hydrogen-bond acceptors (Lipinski definition) is 4. The topological polar surface area (TPSA) is 86.8 Å². The lowest BCUT2D eigenvalue weighted by Crippen LogP contribution is -2.52. The number of sulfonamides is 1. The predicted octanol–water partition coefficient (Wildman–Crippen LogP) is 3.79. The number of rotatable bonds is 11. The number of nitrogens with zero attached hydrogens (tertiary/aromatic N) is 2. The molecule has 8 heteroatoms. The fourth-order valence-corrected chi connectivity index (χ4v) is 5.46. The number of nitrogens with one attached hydrogen (secondary N) is 1. The average molecular weight is 508 g/mol.